The number of methoxy groups -OCH3 is 2. The van der Waals surface area contributed by atoms with E-state index in [9.17, 15) is 4.21 Å². The Labute approximate surface area is 127 Å². The van der Waals surface area contributed by atoms with Crippen LogP contribution in [-0.2, 0) is 22.3 Å². The van der Waals surface area contributed by atoms with Crippen LogP contribution in [0.5, 0.6) is 11.6 Å². The molecule has 1 heterocycles. The van der Waals surface area contributed by atoms with E-state index in [2.05, 4.69) is 4.98 Å². The van der Waals surface area contributed by atoms with Crippen molar-refractivity contribution in [3.05, 3.63) is 53.2 Å². The lowest BCUT2D eigenvalue weighted by Crippen LogP contribution is -2.03. The van der Waals surface area contributed by atoms with E-state index in [1.165, 1.54) is 0 Å². The van der Waals surface area contributed by atoms with Crippen molar-refractivity contribution in [2.75, 3.05) is 14.2 Å². The van der Waals surface area contributed by atoms with Gasteiger partial charge < -0.3 is 9.47 Å². The van der Waals surface area contributed by atoms with E-state index < -0.39 is 10.8 Å². The van der Waals surface area contributed by atoms with Crippen molar-refractivity contribution in [3.63, 3.8) is 0 Å². The largest absolute Gasteiger partial charge is 0.496 e. The smallest absolute Gasteiger partial charge is 0.213 e. The number of benzene rings is 1. The lowest BCUT2D eigenvalue weighted by molar-refractivity contribution is 0.397. The number of rotatable bonds is 6. The molecule has 0 aliphatic carbocycles. The second-order valence-electron chi connectivity index (χ2n) is 4.72. The number of hydrogen-bond donors (Lipinski definition) is 0. The number of aromatic nitrogens is 1. The van der Waals surface area contributed by atoms with Crippen molar-refractivity contribution in [3.8, 4) is 11.6 Å². The van der Waals surface area contributed by atoms with Gasteiger partial charge in [0.1, 0.15) is 5.75 Å². The van der Waals surface area contributed by atoms with Crippen molar-refractivity contribution in [1.82, 2.24) is 4.98 Å². The molecule has 0 unspecified atom stereocenters. The molecule has 21 heavy (non-hydrogen) atoms. The van der Waals surface area contributed by atoms with E-state index in [0.717, 1.165) is 22.6 Å². The maximum atomic E-state index is 12.3. The fourth-order valence-electron chi connectivity index (χ4n) is 2.06. The van der Waals surface area contributed by atoms with Crippen LogP contribution in [0.1, 0.15) is 16.8 Å². The molecule has 0 aliphatic heterocycles. The summed E-state index contributed by atoms with van der Waals surface area (Å²) in [5.41, 5.74) is 2.85. The maximum absolute atomic E-state index is 12.3. The van der Waals surface area contributed by atoms with Crippen LogP contribution in [0, 0.1) is 6.92 Å². The van der Waals surface area contributed by atoms with E-state index in [-0.39, 0.29) is 0 Å². The molecule has 0 radical (unpaired) electrons. The fraction of sp³-hybridized carbons (Fsp3) is 0.312. The first kappa shape index (κ1) is 15.5. The number of ether oxygens (including phenoxy) is 2. The molecule has 0 fully saturated rings. The van der Waals surface area contributed by atoms with Gasteiger partial charge in [-0.25, -0.2) is 4.98 Å². The minimum absolute atomic E-state index is 0.397. The summed E-state index contributed by atoms with van der Waals surface area (Å²) in [7, 11) is 2.15. The quantitative estimate of drug-likeness (QED) is 0.823. The van der Waals surface area contributed by atoms with Crippen molar-refractivity contribution < 1.29 is 13.7 Å². The molecule has 0 amide bonds. The minimum Gasteiger partial charge on any atom is -0.496 e. The Bertz CT molecular complexity index is 643. The molecule has 1 aromatic carbocycles. The summed E-state index contributed by atoms with van der Waals surface area (Å²) in [5.74, 6) is 2.16. The summed E-state index contributed by atoms with van der Waals surface area (Å²) >= 11 is 0. The Morgan fingerprint density at radius 3 is 2.62 bits per heavy atom. The van der Waals surface area contributed by atoms with Gasteiger partial charge in [-0.15, -0.1) is 0 Å². The molecule has 0 N–H and O–H groups in total. The normalized spacial score (nSPS) is 12.0. The van der Waals surface area contributed by atoms with Crippen molar-refractivity contribution >= 4 is 10.8 Å². The van der Waals surface area contributed by atoms with Crippen LogP contribution in [0.3, 0.4) is 0 Å². The number of hydrogen-bond acceptors (Lipinski definition) is 4. The first-order valence-electron chi connectivity index (χ1n) is 6.61. The van der Waals surface area contributed by atoms with Crippen LogP contribution in [0.25, 0.3) is 0 Å². The van der Waals surface area contributed by atoms with Gasteiger partial charge in [-0.3, -0.25) is 4.21 Å². The maximum Gasteiger partial charge on any atom is 0.213 e. The van der Waals surface area contributed by atoms with Crippen LogP contribution in [0.15, 0.2) is 36.4 Å². The zero-order valence-electron chi connectivity index (χ0n) is 12.5. The topological polar surface area (TPSA) is 48.4 Å². The Morgan fingerprint density at radius 1 is 1.10 bits per heavy atom. The van der Waals surface area contributed by atoms with E-state index >= 15 is 0 Å². The average molecular weight is 305 g/mol. The number of pyridine rings is 1. The van der Waals surface area contributed by atoms with Gasteiger partial charge in [-0.05, 0) is 19.1 Å². The second-order valence-corrected chi connectivity index (χ2v) is 6.17. The third kappa shape index (κ3) is 4.29. The van der Waals surface area contributed by atoms with Crippen LogP contribution >= 0.6 is 0 Å². The van der Waals surface area contributed by atoms with Crippen LogP contribution in [0.2, 0.25) is 0 Å². The first-order valence-corrected chi connectivity index (χ1v) is 8.09. The highest BCUT2D eigenvalue weighted by Gasteiger charge is 2.10. The van der Waals surface area contributed by atoms with Gasteiger partial charge >= 0.3 is 0 Å². The van der Waals surface area contributed by atoms with Crippen LogP contribution < -0.4 is 9.47 Å². The first-order chi connectivity index (χ1) is 10.1. The molecule has 112 valence electrons. The minimum atomic E-state index is -1.05. The summed E-state index contributed by atoms with van der Waals surface area (Å²) in [6.45, 7) is 2.01. The highest BCUT2D eigenvalue weighted by molar-refractivity contribution is 7.83. The van der Waals surface area contributed by atoms with E-state index in [1.807, 2.05) is 37.3 Å². The third-order valence-corrected chi connectivity index (χ3v) is 4.30. The molecule has 2 rings (SSSR count). The second kappa shape index (κ2) is 7.22. The molecule has 0 spiro atoms. The fourth-order valence-corrected chi connectivity index (χ4v) is 3.23. The molecular weight excluding hydrogens is 286 g/mol. The van der Waals surface area contributed by atoms with Gasteiger partial charge in [0, 0.05) is 22.4 Å². The summed E-state index contributed by atoms with van der Waals surface area (Å²) in [4.78, 5) is 4.29. The predicted molar refractivity (Wildman–Crippen MR) is 84.1 cm³/mol. The number of nitrogens with zero attached hydrogens (tertiary/aromatic N) is 1. The zero-order valence-corrected chi connectivity index (χ0v) is 13.3. The predicted octanol–water partition coefficient (Wildman–Crippen LogP) is 2.86. The molecule has 4 nitrogen and oxygen atoms in total. The lowest BCUT2D eigenvalue weighted by Gasteiger charge is -2.09. The molecule has 1 atom stereocenters. The van der Waals surface area contributed by atoms with Gasteiger partial charge in [-0.1, -0.05) is 23.8 Å². The summed E-state index contributed by atoms with van der Waals surface area (Å²) in [6, 6.07) is 11.4. The molecule has 0 saturated heterocycles. The third-order valence-electron chi connectivity index (χ3n) is 3.05. The molecule has 0 aliphatic rings. The SMILES string of the molecule is COc1cccc(C[S@@](=O)Cc2cc(C)ccc2OC)n1. The monoisotopic (exact) mass is 305 g/mol. The average Bonchev–Trinajstić information content (AvgIpc) is 2.47. The van der Waals surface area contributed by atoms with E-state index in [4.69, 9.17) is 9.47 Å². The van der Waals surface area contributed by atoms with E-state index in [1.54, 1.807) is 20.3 Å². The van der Waals surface area contributed by atoms with Crippen LogP contribution in [-0.4, -0.2) is 23.4 Å². The van der Waals surface area contributed by atoms with Crippen molar-refractivity contribution in [2.45, 2.75) is 18.4 Å². The summed E-state index contributed by atoms with van der Waals surface area (Å²) in [5, 5.41) is 0. The van der Waals surface area contributed by atoms with Gasteiger partial charge in [-0.2, -0.15) is 0 Å². The summed E-state index contributed by atoms with van der Waals surface area (Å²) in [6.07, 6.45) is 0. The molecule has 0 bridgehead atoms. The van der Waals surface area contributed by atoms with Gasteiger partial charge in [0.05, 0.1) is 31.4 Å². The molecule has 5 heteroatoms. The van der Waals surface area contributed by atoms with Crippen molar-refractivity contribution in [1.29, 1.82) is 0 Å². The Morgan fingerprint density at radius 2 is 1.90 bits per heavy atom. The van der Waals surface area contributed by atoms with Gasteiger partial charge in [0.15, 0.2) is 0 Å². The molecular formula is C16H19NO3S. The molecule has 0 saturated carbocycles. The van der Waals surface area contributed by atoms with E-state index in [0.29, 0.717) is 17.4 Å². The standard InChI is InChI=1S/C16H19NO3S/c1-12-7-8-15(19-2)13(9-12)10-21(18)11-14-5-4-6-16(17-14)20-3/h4-9H,10-11H2,1-3H3/t21-/m0/s1. The highest BCUT2D eigenvalue weighted by Crippen LogP contribution is 2.22. The van der Waals surface area contributed by atoms with Crippen molar-refractivity contribution in [2.24, 2.45) is 0 Å². The molecule has 1 aromatic heterocycles. The Hall–Kier alpha value is -1.88. The highest BCUT2D eigenvalue weighted by atomic mass is 32.2. The molecule has 2 aromatic rings. The Balaban J connectivity index is 2.09. The van der Waals surface area contributed by atoms with Gasteiger partial charge in [0.2, 0.25) is 5.88 Å². The Kier molecular flexibility index (Phi) is 5.33. The van der Waals surface area contributed by atoms with Crippen LogP contribution in [0.4, 0.5) is 0 Å². The lowest BCUT2D eigenvalue weighted by atomic mass is 10.1. The summed E-state index contributed by atoms with van der Waals surface area (Å²) < 4.78 is 22.7. The van der Waals surface area contributed by atoms with Gasteiger partial charge in [0.25, 0.3) is 0 Å². The number of aryl methyl sites for hydroxylation is 1. The zero-order chi connectivity index (χ0) is 15.2.